The second kappa shape index (κ2) is 36.5. The maximum Gasteiger partial charge on any atom is 0.234 e. The lowest BCUT2D eigenvalue weighted by molar-refractivity contribution is 0.628. The molecule has 0 fully saturated rings. The van der Waals surface area contributed by atoms with Crippen LogP contribution in [0.5, 0.6) is 0 Å². The van der Waals surface area contributed by atoms with E-state index in [1.54, 1.807) is 12.1 Å². The van der Waals surface area contributed by atoms with Crippen LogP contribution in [0.2, 0.25) is 0 Å². The molecule has 0 radical (unpaired) electrons. The van der Waals surface area contributed by atoms with Crippen LogP contribution in [0.25, 0.3) is 254 Å². The molecule has 19 aromatic carbocycles. The smallest absolute Gasteiger partial charge is 0.234 e. The van der Waals surface area contributed by atoms with Gasteiger partial charge in [0.1, 0.15) is 17.5 Å². The summed E-state index contributed by atoms with van der Waals surface area (Å²) in [6.07, 6.45) is 11.7. The van der Waals surface area contributed by atoms with E-state index in [0.717, 1.165) is 140 Å². The Morgan fingerprint density at radius 2 is 0.500 bits per heavy atom. The average Bonchev–Trinajstić information content (AvgIpc) is 1.56. The molecule has 0 saturated carbocycles. The number of pyridine rings is 2. The number of nitrogens with zero attached hydrogens (tertiary/aromatic N) is 13. The van der Waals surface area contributed by atoms with Crippen LogP contribution in [0.1, 0.15) is 0 Å². The van der Waals surface area contributed by atoms with Crippen molar-refractivity contribution in [3.8, 4) is 96.2 Å². The molecular formula is C135H87F2N13. The molecule has 12 aromatic heterocycles. The summed E-state index contributed by atoms with van der Waals surface area (Å²) in [5.74, 6) is 1.72. The van der Waals surface area contributed by atoms with Gasteiger partial charge in [0.05, 0.1) is 112 Å². The SMILES string of the molecule is Fc1ccc2c(c1)c1cc(F)ccc1n2-c1cn2ccccc2c1-c1ccccc1.c1ccc(-c2nc(-n3c4ccccc4c4ccccc43)ccc2-c2ccc(-n3c4ccccc4c4ccccc43)cc2)cc1.c1ccc2c(c1)c1ccccc1n2-c1ccc(-c2cnc(-n3c4ccccc4c4ccccc43)cn2)cc1.c1ccc2c(c1)c1ccccc1n2-c1ccc(-c2cnc(-n3c4ccccc4c4ccccc43)nc2)cc1. The first-order valence-corrected chi connectivity index (χ1v) is 50.3. The van der Waals surface area contributed by atoms with Crippen LogP contribution in [0.4, 0.5) is 8.78 Å². The standard InChI is InChI=1S/C41H27N3.2C34H22N4.C26H16F2N2/c1-2-12-29(13-3-1)41-31(26-27-40(42-41)44-38-20-10-6-16-34(38)35-17-7-11-21-39(35)44)28-22-24-30(25-23-28)43-36-18-8-4-14-32(36)33-15-5-9-19-37(33)43;1-5-13-30-26(9-1)27-10-2-6-14-31(27)37(30)25-19-17-23(18-20-25)24-21-35-34(36-22-24)38-32-15-7-3-11-28(32)29-12-4-8-16-33(29)38;1-5-13-30-25(9-1)26-10-2-6-14-31(26)37(30)24-19-17-23(18-20-24)29-21-36-34(22-35-29)38-32-15-7-3-11-27(32)28-12-4-8-16-33(28)38;27-18-9-11-22-20(14-18)21-15-19(28)10-12-23(21)30(22)25-16-29-13-5-4-8-24(29)26(25)17-6-2-1-3-7-17/h1-27H;2*1-22H;1-16H. The molecule has 150 heavy (non-hydrogen) atoms. The van der Waals surface area contributed by atoms with Gasteiger partial charge in [-0.25, -0.2) is 28.7 Å². The molecule has 706 valence electrons. The Balaban J connectivity index is 0.0000000968. The topological polar surface area (TPSA) is 103 Å². The van der Waals surface area contributed by atoms with E-state index in [1.807, 2.05) is 61.3 Å². The molecule has 0 saturated heterocycles. The van der Waals surface area contributed by atoms with E-state index >= 15 is 0 Å². The fourth-order valence-corrected chi connectivity index (χ4v) is 22.7. The number of fused-ring (bicyclic) bond motifs is 22. The highest BCUT2D eigenvalue weighted by Crippen LogP contribution is 2.45. The Kier molecular flexibility index (Phi) is 21.3. The Bertz CT molecular complexity index is 9680. The van der Waals surface area contributed by atoms with Gasteiger partial charge in [-0.3, -0.25) is 18.7 Å². The summed E-state index contributed by atoms with van der Waals surface area (Å²) in [5.41, 5.74) is 31.6. The van der Waals surface area contributed by atoms with Gasteiger partial charge >= 0.3 is 0 Å². The summed E-state index contributed by atoms with van der Waals surface area (Å²) < 4.78 is 46.0. The first kappa shape index (κ1) is 87.5. The van der Waals surface area contributed by atoms with Gasteiger partial charge in [-0.2, -0.15) is 0 Å². The minimum absolute atomic E-state index is 0.337. The molecule has 0 unspecified atom stereocenters. The number of hydrogen-bond donors (Lipinski definition) is 0. The molecule has 0 atom stereocenters. The van der Waals surface area contributed by atoms with Gasteiger partial charge in [0.2, 0.25) is 5.95 Å². The van der Waals surface area contributed by atoms with Gasteiger partial charge in [0, 0.05) is 145 Å². The first-order valence-electron chi connectivity index (χ1n) is 50.3. The average molecular weight is 1930 g/mol. The number of halogens is 2. The van der Waals surface area contributed by atoms with Gasteiger partial charge < -0.3 is 22.7 Å². The summed E-state index contributed by atoms with van der Waals surface area (Å²) in [6.45, 7) is 0. The second-order valence-corrected chi connectivity index (χ2v) is 37.7. The molecule has 0 N–H and O–H groups in total. The highest BCUT2D eigenvalue weighted by molar-refractivity contribution is 6.16. The molecule has 0 bridgehead atoms. The van der Waals surface area contributed by atoms with Crippen LogP contribution in [-0.4, -0.2) is 61.3 Å². The third-order valence-corrected chi connectivity index (χ3v) is 29.3. The molecule has 15 heteroatoms. The molecule has 31 aromatic rings. The zero-order valence-corrected chi connectivity index (χ0v) is 80.8. The zero-order chi connectivity index (χ0) is 99.4. The van der Waals surface area contributed by atoms with Crippen LogP contribution in [0.3, 0.4) is 0 Å². The third kappa shape index (κ3) is 14.8. The van der Waals surface area contributed by atoms with Crippen LogP contribution < -0.4 is 0 Å². The fraction of sp³-hybridized carbons (Fsp3) is 0. The molecule has 12 heterocycles. The van der Waals surface area contributed by atoms with Crippen molar-refractivity contribution < 1.29 is 8.78 Å². The molecule has 0 spiro atoms. The van der Waals surface area contributed by atoms with E-state index in [4.69, 9.17) is 24.9 Å². The van der Waals surface area contributed by atoms with E-state index < -0.39 is 0 Å². The van der Waals surface area contributed by atoms with Crippen molar-refractivity contribution in [2.45, 2.75) is 0 Å². The summed E-state index contributed by atoms with van der Waals surface area (Å²) >= 11 is 0. The lowest BCUT2D eigenvalue weighted by Crippen LogP contribution is -2.00. The van der Waals surface area contributed by atoms with Gasteiger partial charge in [-0.15, -0.1) is 0 Å². The number of para-hydroxylation sites is 12. The van der Waals surface area contributed by atoms with Crippen molar-refractivity contribution in [3.63, 3.8) is 0 Å². The van der Waals surface area contributed by atoms with Crippen LogP contribution in [0, 0.1) is 11.6 Å². The summed E-state index contributed by atoms with van der Waals surface area (Å²) in [7, 11) is 0. The van der Waals surface area contributed by atoms with Crippen molar-refractivity contribution in [2.24, 2.45) is 0 Å². The molecule has 0 aliphatic carbocycles. The van der Waals surface area contributed by atoms with Crippen LogP contribution >= 0.6 is 0 Å². The van der Waals surface area contributed by atoms with Gasteiger partial charge in [-0.1, -0.05) is 322 Å². The second-order valence-electron chi connectivity index (χ2n) is 37.7. The fourth-order valence-electron chi connectivity index (χ4n) is 22.7. The maximum absolute atomic E-state index is 14.1. The van der Waals surface area contributed by atoms with Gasteiger partial charge in [0.15, 0.2) is 5.82 Å². The Labute approximate surface area is 858 Å². The van der Waals surface area contributed by atoms with Crippen LogP contribution in [0.15, 0.2) is 529 Å². The lowest BCUT2D eigenvalue weighted by Gasteiger charge is -2.15. The van der Waals surface area contributed by atoms with Gasteiger partial charge in [-0.05, 0) is 187 Å². The van der Waals surface area contributed by atoms with Crippen molar-refractivity contribution in [1.82, 2.24) is 61.3 Å². The van der Waals surface area contributed by atoms with Gasteiger partial charge in [0.25, 0.3) is 0 Å². The van der Waals surface area contributed by atoms with Crippen molar-refractivity contribution in [2.75, 3.05) is 0 Å². The predicted molar refractivity (Wildman–Crippen MR) is 613 cm³/mol. The minimum atomic E-state index is -0.337. The predicted octanol–water partition coefficient (Wildman–Crippen LogP) is 34.3. The van der Waals surface area contributed by atoms with Crippen molar-refractivity contribution in [1.29, 1.82) is 0 Å². The molecular weight excluding hydrogens is 1840 g/mol. The Morgan fingerprint density at radius 3 is 0.873 bits per heavy atom. The quantitative estimate of drug-likeness (QED) is 0.121. The highest BCUT2D eigenvalue weighted by atomic mass is 19.1. The lowest BCUT2D eigenvalue weighted by atomic mass is 9.99. The third-order valence-electron chi connectivity index (χ3n) is 29.3. The van der Waals surface area contributed by atoms with E-state index in [2.05, 4.69) is 467 Å². The van der Waals surface area contributed by atoms with E-state index in [1.165, 1.54) is 122 Å². The largest absolute Gasteiger partial charge is 0.321 e. The number of benzene rings is 19. The zero-order valence-electron chi connectivity index (χ0n) is 80.8. The number of aromatic nitrogens is 13. The molecule has 0 aliphatic rings. The maximum atomic E-state index is 14.1. The minimum Gasteiger partial charge on any atom is -0.321 e. The number of hydrogen-bond acceptors (Lipinski definition) is 5. The molecule has 0 aliphatic heterocycles. The summed E-state index contributed by atoms with van der Waals surface area (Å²) in [6, 6.07) is 169. The molecule has 0 amide bonds. The van der Waals surface area contributed by atoms with Crippen molar-refractivity contribution in [3.05, 3.63) is 540 Å². The number of rotatable bonds is 12. The van der Waals surface area contributed by atoms with E-state index in [9.17, 15) is 8.78 Å². The summed E-state index contributed by atoms with van der Waals surface area (Å²) in [5, 5.41) is 16.3. The molecule has 31 rings (SSSR count). The summed E-state index contributed by atoms with van der Waals surface area (Å²) in [4.78, 5) is 24.6. The van der Waals surface area contributed by atoms with E-state index in [0.29, 0.717) is 16.7 Å². The van der Waals surface area contributed by atoms with Crippen molar-refractivity contribution >= 4 is 158 Å². The van der Waals surface area contributed by atoms with Crippen LogP contribution in [-0.2, 0) is 0 Å². The molecule has 13 nitrogen and oxygen atoms in total. The Morgan fingerprint density at radius 1 is 0.187 bits per heavy atom. The first-order chi connectivity index (χ1) is 74.3. The highest BCUT2D eigenvalue weighted by Gasteiger charge is 2.26. The normalized spacial score (nSPS) is 11.7. The van der Waals surface area contributed by atoms with E-state index in [-0.39, 0.29) is 11.6 Å². The Hall–Kier alpha value is -20.3. The monoisotopic (exact) mass is 1930 g/mol.